The summed E-state index contributed by atoms with van der Waals surface area (Å²) in [7, 11) is 0. The van der Waals surface area contributed by atoms with E-state index in [0.717, 1.165) is 30.0 Å². The number of anilines is 2. The molecule has 100 valence electrons. The predicted octanol–water partition coefficient (Wildman–Crippen LogP) is 3.80. The Balaban J connectivity index is 2.12. The highest BCUT2D eigenvalue weighted by Crippen LogP contribution is 2.40. The summed E-state index contributed by atoms with van der Waals surface area (Å²) in [6.45, 7) is 5.05. The van der Waals surface area contributed by atoms with Crippen molar-refractivity contribution < 1.29 is 4.74 Å². The Morgan fingerprint density at radius 3 is 2.67 bits per heavy atom. The van der Waals surface area contributed by atoms with Gasteiger partial charge in [0.15, 0.2) is 0 Å². The zero-order chi connectivity index (χ0) is 13.0. The fourth-order valence-electron chi connectivity index (χ4n) is 2.45. The Kier molecular flexibility index (Phi) is 4.00. The van der Waals surface area contributed by atoms with E-state index in [1.165, 1.54) is 19.3 Å². The molecule has 1 aromatic rings. The van der Waals surface area contributed by atoms with Gasteiger partial charge in [0.1, 0.15) is 5.75 Å². The van der Waals surface area contributed by atoms with Crippen LogP contribution in [-0.4, -0.2) is 12.1 Å². The summed E-state index contributed by atoms with van der Waals surface area (Å²) in [4.78, 5) is 0. The molecular formula is C15H24N2O. The van der Waals surface area contributed by atoms with Gasteiger partial charge in [0.25, 0.3) is 0 Å². The number of rotatable bonds is 6. The molecule has 1 aromatic carbocycles. The fraction of sp³-hybridized carbons (Fsp3) is 0.600. The van der Waals surface area contributed by atoms with Crippen LogP contribution >= 0.6 is 0 Å². The number of hydrogen-bond acceptors (Lipinski definition) is 3. The van der Waals surface area contributed by atoms with E-state index in [1.807, 2.05) is 18.2 Å². The van der Waals surface area contributed by atoms with Gasteiger partial charge < -0.3 is 15.8 Å². The van der Waals surface area contributed by atoms with Gasteiger partial charge in [-0.15, -0.1) is 0 Å². The Bertz CT molecular complexity index is 394. The summed E-state index contributed by atoms with van der Waals surface area (Å²) in [6, 6.07) is 5.99. The zero-order valence-electron chi connectivity index (χ0n) is 11.5. The minimum absolute atomic E-state index is 0.261. The molecule has 1 saturated carbocycles. The van der Waals surface area contributed by atoms with E-state index in [9.17, 15) is 0 Å². The maximum absolute atomic E-state index is 6.18. The van der Waals surface area contributed by atoms with Crippen LogP contribution in [0.5, 0.6) is 5.75 Å². The van der Waals surface area contributed by atoms with Gasteiger partial charge in [-0.25, -0.2) is 0 Å². The largest absolute Gasteiger partial charge is 0.491 e. The molecule has 3 nitrogen and oxygen atoms in total. The number of nitrogen functional groups attached to an aromatic ring is 1. The normalized spacial score (nSPS) is 17.0. The molecule has 0 unspecified atom stereocenters. The first kappa shape index (κ1) is 13.1. The van der Waals surface area contributed by atoms with Crippen molar-refractivity contribution in [2.45, 2.75) is 51.5 Å². The lowest BCUT2D eigenvalue weighted by Crippen LogP contribution is -2.44. The molecule has 0 spiro atoms. The Morgan fingerprint density at radius 2 is 2.11 bits per heavy atom. The van der Waals surface area contributed by atoms with E-state index in [4.69, 9.17) is 10.5 Å². The van der Waals surface area contributed by atoms with Crippen LogP contribution < -0.4 is 15.8 Å². The van der Waals surface area contributed by atoms with Gasteiger partial charge in [-0.3, -0.25) is 0 Å². The van der Waals surface area contributed by atoms with E-state index in [1.54, 1.807) is 0 Å². The summed E-state index contributed by atoms with van der Waals surface area (Å²) in [5, 5.41) is 3.62. The second-order valence-corrected chi connectivity index (χ2v) is 5.18. The van der Waals surface area contributed by atoms with Crippen LogP contribution in [0.2, 0.25) is 0 Å². The van der Waals surface area contributed by atoms with Gasteiger partial charge >= 0.3 is 0 Å². The topological polar surface area (TPSA) is 47.3 Å². The van der Waals surface area contributed by atoms with Gasteiger partial charge in [0, 0.05) is 5.54 Å². The van der Waals surface area contributed by atoms with Crippen LogP contribution in [0.1, 0.15) is 46.0 Å². The summed E-state index contributed by atoms with van der Waals surface area (Å²) in [6.07, 6.45) is 5.93. The second kappa shape index (κ2) is 5.51. The third-order valence-electron chi connectivity index (χ3n) is 3.92. The molecule has 3 N–H and O–H groups in total. The molecule has 18 heavy (non-hydrogen) atoms. The van der Waals surface area contributed by atoms with Crippen LogP contribution in [0, 0.1) is 0 Å². The van der Waals surface area contributed by atoms with Gasteiger partial charge in [0.2, 0.25) is 0 Å². The van der Waals surface area contributed by atoms with E-state index < -0.39 is 0 Å². The third-order valence-corrected chi connectivity index (χ3v) is 3.92. The van der Waals surface area contributed by atoms with Gasteiger partial charge in [-0.1, -0.05) is 19.9 Å². The van der Waals surface area contributed by atoms with Crippen molar-refractivity contribution in [3.05, 3.63) is 18.2 Å². The van der Waals surface area contributed by atoms with Crippen LogP contribution in [0.4, 0.5) is 11.4 Å². The van der Waals surface area contributed by atoms with Crippen LogP contribution in [0.25, 0.3) is 0 Å². The third kappa shape index (κ3) is 2.55. The molecule has 1 fully saturated rings. The molecule has 0 aromatic heterocycles. The minimum atomic E-state index is 0.261. The van der Waals surface area contributed by atoms with Crippen LogP contribution in [0.3, 0.4) is 0 Å². The average Bonchev–Trinajstić information content (AvgIpc) is 2.34. The average molecular weight is 248 g/mol. The molecular weight excluding hydrogens is 224 g/mol. The molecule has 0 radical (unpaired) electrons. The van der Waals surface area contributed by atoms with Crippen molar-refractivity contribution in [2.75, 3.05) is 17.7 Å². The van der Waals surface area contributed by atoms with Crippen molar-refractivity contribution in [3.63, 3.8) is 0 Å². The Morgan fingerprint density at radius 1 is 1.33 bits per heavy atom. The van der Waals surface area contributed by atoms with E-state index in [-0.39, 0.29) is 5.54 Å². The minimum Gasteiger partial charge on any atom is -0.491 e. The maximum Gasteiger partial charge on any atom is 0.144 e. The molecule has 0 saturated heterocycles. The molecule has 2 rings (SSSR count). The Hall–Kier alpha value is -1.38. The molecule has 0 aliphatic heterocycles. The lowest BCUT2D eigenvalue weighted by molar-refractivity contribution is 0.269. The van der Waals surface area contributed by atoms with Gasteiger partial charge in [-0.2, -0.15) is 0 Å². The zero-order valence-corrected chi connectivity index (χ0v) is 11.5. The molecule has 1 aliphatic rings. The summed E-state index contributed by atoms with van der Waals surface area (Å²) >= 11 is 0. The van der Waals surface area contributed by atoms with Gasteiger partial charge in [-0.05, 0) is 44.2 Å². The number of para-hydroxylation sites is 1. The molecule has 3 heteroatoms. The number of benzene rings is 1. The number of nitrogens with two attached hydrogens (primary N) is 1. The first-order valence-corrected chi connectivity index (χ1v) is 7.00. The van der Waals surface area contributed by atoms with Gasteiger partial charge in [0.05, 0.1) is 18.0 Å². The molecule has 0 amide bonds. The van der Waals surface area contributed by atoms with Crippen molar-refractivity contribution in [3.8, 4) is 5.75 Å². The second-order valence-electron chi connectivity index (χ2n) is 5.18. The highest BCUT2D eigenvalue weighted by molar-refractivity contribution is 5.73. The highest BCUT2D eigenvalue weighted by atomic mass is 16.5. The van der Waals surface area contributed by atoms with E-state index in [0.29, 0.717) is 6.61 Å². The number of nitrogens with one attached hydrogen (secondary N) is 1. The monoisotopic (exact) mass is 248 g/mol. The number of ether oxygens (including phenoxy) is 1. The lowest BCUT2D eigenvalue weighted by Gasteiger charge is -2.43. The summed E-state index contributed by atoms with van der Waals surface area (Å²) in [5.41, 5.74) is 8.20. The Labute approximate surface area is 110 Å². The standard InChI is InChI=1S/C15H24N2O/c1-3-11-18-13-8-5-7-12(14(13)16)17-15(4-2)9-6-10-15/h5,7-8,17H,3-4,6,9-11,16H2,1-2H3. The van der Waals surface area contributed by atoms with Crippen molar-refractivity contribution >= 4 is 11.4 Å². The molecule has 0 heterocycles. The number of hydrogen-bond donors (Lipinski definition) is 2. The van der Waals surface area contributed by atoms with E-state index in [2.05, 4.69) is 19.2 Å². The summed E-state index contributed by atoms with van der Waals surface area (Å²) < 4.78 is 5.66. The SMILES string of the molecule is CCCOc1cccc(NC2(CC)CCC2)c1N. The van der Waals surface area contributed by atoms with Crippen LogP contribution in [0.15, 0.2) is 18.2 Å². The molecule has 0 bridgehead atoms. The van der Waals surface area contributed by atoms with E-state index >= 15 is 0 Å². The first-order chi connectivity index (χ1) is 8.71. The van der Waals surface area contributed by atoms with Crippen molar-refractivity contribution in [1.29, 1.82) is 0 Å². The van der Waals surface area contributed by atoms with Crippen molar-refractivity contribution in [2.24, 2.45) is 0 Å². The van der Waals surface area contributed by atoms with Crippen molar-refractivity contribution in [1.82, 2.24) is 0 Å². The predicted molar refractivity (Wildman–Crippen MR) is 77.1 cm³/mol. The lowest BCUT2D eigenvalue weighted by atomic mass is 9.74. The fourth-order valence-corrected chi connectivity index (χ4v) is 2.45. The molecule has 1 aliphatic carbocycles. The first-order valence-electron chi connectivity index (χ1n) is 7.00. The molecule has 0 atom stereocenters. The smallest absolute Gasteiger partial charge is 0.144 e. The maximum atomic E-state index is 6.18. The summed E-state index contributed by atoms with van der Waals surface area (Å²) in [5.74, 6) is 0.799. The quantitative estimate of drug-likeness (QED) is 0.753. The highest BCUT2D eigenvalue weighted by Gasteiger charge is 2.35. The van der Waals surface area contributed by atoms with Crippen LogP contribution in [-0.2, 0) is 0 Å².